The fourth-order valence-corrected chi connectivity index (χ4v) is 5.74. The van der Waals surface area contributed by atoms with Crippen molar-refractivity contribution >= 4 is 34.8 Å². The Balaban J connectivity index is 1.76. The number of hydrogen-bond donors (Lipinski definition) is 0. The molecular weight excluding hydrogens is 419 g/mol. The molecule has 0 radical (unpaired) electrons. The molecule has 4 rings (SSSR count). The monoisotopic (exact) mass is 444 g/mol. The molecule has 2 aliphatic carbocycles. The van der Waals surface area contributed by atoms with E-state index in [9.17, 15) is 9.59 Å². The lowest BCUT2D eigenvalue weighted by molar-refractivity contribution is -0.149. The Morgan fingerprint density at radius 2 is 1.80 bits per heavy atom. The van der Waals surface area contributed by atoms with E-state index in [0.717, 1.165) is 30.4 Å². The minimum Gasteiger partial charge on any atom is -0.456 e. The third-order valence-corrected chi connectivity index (χ3v) is 8.12. The van der Waals surface area contributed by atoms with Gasteiger partial charge in [0.25, 0.3) is 0 Å². The van der Waals surface area contributed by atoms with Crippen molar-refractivity contribution in [1.29, 1.82) is 0 Å². The van der Waals surface area contributed by atoms with Gasteiger partial charge in [-0.05, 0) is 66.1 Å². The fraction of sp³-hybridized carbons (Fsp3) is 0.440. The first-order valence-corrected chi connectivity index (χ1v) is 11.2. The summed E-state index contributed by atoms with van der Waals surface area (Å²) in [6.45, 7) is 8.21. The van der Waals surface area contributed by atoms with E-state index in [-0.39, 0.29) is 22.9 Å². The molecule has 0 heterocycles. The second-order valence-corrected chi connectivity index (χ2v) is 10.1. The summed E-state index contributed by atoms with van der Waals surface area (Å²) in [5.74, 6) is 0.305. The van der Waals surface area contributed by atoms with E-state index >= 15 is 0 Å². The summed E-state index contributed by atoms with van der Waals surface area (Å²) >= 11 is 12.2. The zero-order chi connectivity index (χ0) is 21.8. The van der Waals surface area contributed by atoms with Gasteiger partial charge in [-0.1, -0.05) is 57.0 Å². The SMILES string of the molecule is CCc1ccc(Oc2ccc(Cl)cc2Cl)cc1C1C(=O)[C@@H]2CC[C@](C)(C1=O)C2(C)C. The van der Waals surface area contributed by atoms with E-state index in [1.54, 1.807) is 18.2 Å². The lowest BCUT2D eigenvalue weighted by Gasteiger charge is -2.46. The van der Waals surface area contributed by atoms with Gasteiger partial charge < -0.3 is 4.74 Å². The Morgan fingerprint density at radius 3 is 2.47 bits per heavy atom. The lowest BCUT2D eigenvalue weighted by Crippen LogP contribution is -2.52. The normalized spacial score (nSPS) is 27.4. The first kappa shape index (κ1) is 21.4. The predicted molar refractivity (Wildman–Crippen MR) is 120 cm³/mol. The van der Waals surface area contributed by atoms with E-state index in [4.69, 9.17) is 27.9 Å². The maximum absolute atomic E-state index is 13.7. The summed E-state index contributed by atoms with van der Waals surface area (Å²) in [5.41, 5.74) is 0.967. The maximum Gasteiger partial charge on any atom is 0.154 e. The standard InChI is InChI=1S/C25H26Cl2O3/c1-5-14-6-8-16(30-20-9-7-15(26)12-19(20)27)13-17(14)21-22(28)18-10-11-25(4,23(21)29)24(18,2)3/h6-9,12-13,18,21H,5,10-11H2,1-4H3/t18-,21?,25+/m0/s1. The smallest absolute Gasteiger partial charge is 0.154 e. The first-order valence-electron chi connectivity index (χ1n) is 10.4. The van der Waals surface area contributed by atoms with Crippen LogP contribution in [0.1, 0.15) is 57.6 Å². The number of ether oxygens (including phenoxy) is 1. The van der Waals surface area contributed by atoms with Crippen LogP contribution in [0.2, 0.25) is 10.0 Å². The molecule has 0 saturated heterocycles. The summed E-state index contributed by atoms with van der Waals surface area (Å²) in [4.78, 5) is 27.1. The number of rotatable bonds is 4. The van der Waals surface area contributed by atoms with Crippen LogP contribution in [-0.2, 0) is 16.0 Å². The van der Waals surface area contributed by atoms with Gasteiger partial charge in [0.1, 0.15) is 17.4 Å². The second kappa shape index (κ2) is 7.39. The average Bonchev–Trinajstić information content (AvgIpc) is 2.87. The molecule has 0 aromatic heterocycles. The van der Waals surface area contributed by atoms with Crippen molar-refractivity contribution in [2.75, 3.05) is 0 Å². The second-order valence-electron chi connectivity index (χ2n) is 9.24. The lowest BCUT2D eigenvalue weighted by atomic mass is 9.54. The van der Waals surface area contributed by atoms with Gasteiger partial charge in [0.05, 0.1) is 5.02 Å². The predicted octanol–water partition coefficient (Wildman–Crippen LogP) is 7.03. The van der Waals surface area contributed by atoms with Gasteiger partial charge in [0.15, 0.2) is 11.6 Å². The molecule has 2 aromatic rings. The van der Waals surface area contributed by atoms with Crippen LogP contribution in [0.4, 0.5) is 0 Å². The highest BCUT2D eigenvalue weighted by Crippen LogP contribution is 2.62. The van der Waals surface area contributed by atoms with Crippen LogP contribution < -0.4 is 4.74 Å². The van der Waals surface area contributed by atoms with Crippen molar-refractivity contribution in [2.24, 2.45) is 16.7 Å². The van der Waals surface area contributed by atoms with Crippen molar-refractivity contribution in [3.63, 3.8) is 0 Å². The van der Waals surface area contributed by atoms with Crippen molar-refractivity contribution in [3.8, 4) is 11.5 Å². The molecule has 2 saturated carbocycles. The molecule has 0 aliphatic heterocycles. The number of aryl methyl sites for hydroxylation is 1. The van der Waals surface area contributed by atoms with Crippen LogP contribution in [0, 0.1) is 16.7 Å². The Hall–Kier alpha value is -1.84. The van der Waals surface area contributed by atoms with Gasteiger partial charge in [-0.2, -0.15) is 0 Å². The molecule has 0 N–H and O–H groups in total. The van der Waals surface area contributed by atoms with Gasteiger partial charge in [0, 0.05) is 16.4 Å². The average molecular weight is 445 g/mol. The van der Waals surface area contributed by atoms with Gasteiger partial charge in [0.2, 0.25) is 0 Å². The third-order valence-electron chi connectivity index (χ3n) is 7.59. The van der Waals surface area contributed by atoms with E-state index in [1.165, 1.54) is 0 Å². The van der Waals surface area contributed by atoms with E-state index in [1.807, 2.05) is 32.0 Å². The molecule has 0 spiro atoms. The van der Waals surface area contributed by atoms with Crippen LogP contribution in [0.25, 0.3) is 0 Å². The van der Waals surface area contributed by atoms with Crippen molar-refractivity contribution in [3.05, 3.63) is 57.6 Å². The molecule has 2 aliphatic rings. The van der Waals surface area contributed by atoms with E-state index in [0.29, 0.717) is 21.5 Å². The highest BCUT2D eigenvalue weighted by molar-refractivity contribution is 6.35. The number of ketones is 2. The molecule has 3 atom stereocenters. The molecule has 2 aromatic carbocycles. The molecule has 5 heteroatoms. The molecule has 2 bridgehead atoms. The number of carbonyl (C=O) groups excluding carboxylic acids is 2. The zero-order valence-electron chi connectivity index (χ0n) is 17.7. The molecule has 158 valence electrons. The molecular formula is C25H26Cl2O3. The Morgan fingerprint density at radius 1 is 1.07 bits per heavy atom. The summed E-state index contributed by atoms with van der Waals surface area (Å²) in [6.07, 6.45) is 2.28. The largest absolute Gasteiger partial charge is 0.456 e. The number of benzene rings is 2. The summed E-state index contributed by atoms with van der Waals surface area (Å²) in [7, 11) is 0. The Labute approximate surface area is 187 Å². The van der Waals surface area contributed by atoms with Crippen LogP contribution in [0.3, 0.4) is 0 Å². The zero-order valence-corrected chi connectivity index (χ0v) is 19.2. The van der Waals surface area contributed by atoms with E-state index in [2.05, 4.69) is 13.8 Å². The Bertz CT molecular complexity index is 1040. The summed E-state index contributed by atoms with van der Waals surface area (Å²) in [6, 6.07) is 10.7. The minimum absolute atomic E-state index is 0.0441. The summed E-state index contributed by atoms with van der Waals surface area (Å²) in [5, 5.41) is 0.930. The van der Waals surface area contributed by atoms with Crippen LogP contribution in [0.15, 0.2) is 36.4 Å². The van der Waals surface area contributed by atoms with Gasteiger partial charge >= 0.3 is 0 Å². The van der Waals surface area contributed by atoms with Crippen LogP contribution in [0.5, 0.6) is 11.5 Å². The maximum atomic E-state index is 13.7. The molecule has 3 nitrogen and oxygen atoms in total. The van der Waals surface area contributed by atoms with Crippen molar-refractivity contribution in [1.82, 2.24) is 0 Å². The quantitative estimate of drug-likeness (QED) is 0.475. The number of fused-ring (bicyclic) bond motifs is 2. The summed E-state index contributed by atoms with van der Waals surface area (Å²) < 4.78 is 5.99. The van der Waals surface area contributed by atoms with Crippen molar-refractivity contribution < 1.29 is 14.3 Å². The van der Waals surface area contributed by atoms with Crippen LogP contribution in [-0.4, -0.2) is 11.6 Å². The highest BCUT2D eigenvalue weighted by Gasteiger charge is 2.64. The van der Waals surface area contributed by atoms with Gasteiger partial charge in [-0.3, -0.25) is 9.59 Å². The van der Waals surface area contributed by atoms with Crippen molar-refractivity contribution in [2.45, 2.75) is 52.9 Å². The highest BCUT2D eigenvalue weighted by atomic mass is 35.5. The van der Waals surface area contributed by atoms with Gasteiger partial charge in [-0.25, -0.2) is 0 Å². The Kier molecular flexibility index (Phi) is 5.27. The van der Waals surface area contributed by atoms with Crippen LogP contribution >= 0.6 is 23.2 Å². The minimum atomic E-state index is -0.727. The fourth-order valence-electron chi connectivity index (χ4n) is 5.29. The molecule has 1 unspecified atom stereocenters. The third kappa shape index (κ3) is 3.09. The molecule has 30 heavy (non-hydrogen) atoms. The molecule has 2 fully saturated rings. The first-order chi connectivity index (χ1) is 14.1. The topological polar surface area (TPSA) is 43.4 Å². The van der Waals surface area contributed by atoms with E-state index < -0.39 is 11.3 Å². The number of carbonyl (C=O) groups is 2. The number of Topliss-reactive ketones (excluding diaryl/α,β-unsaturated/α-hetero) is 2. The van der Waals surface area contributed by atoms with Gasteiger partial charge in [-0.15, -0.1) is 0 Å². The number of hydrogen-bond acceptors (Lipinski definition) is 3. The number of halogens is 2. The molecule has 0 amide bonds.